The van der Waals surface area contributed by atoms with Crippen LogP contribution in [0, 0.1) is 0 Å². The van der Waals surface area contributed by atoms with Crippen molar-refractivity contribution in [2.75, 3.05) is 25.0 Å². The van der Waals surface area contributed by atoms with Crippen LogP contribution in [0.4, 0.5) is 5.69 Å². The van der Waals surface area contributed by atoms with Crippen molar-refractivity contribution < 1.29 is 4.79 Å². The number of carbonyl (C=O) groups excluding carboxylic acids is 1. The highest BCUT2D eigenvalue weighted by atomic mass is 35.5. The van der Waals surface area contributed by atoms with Gasteiger partial charge in [-0.2, -0.15) is 0 Å². The van der Waals surface area contributed by atoms with Crippen molar-refractivity contribution in [3.8, 4) is 0 Å². The molecule has 0 unspecified atom stereocenters. The number of rotatable bonds is 4. The minimum absolute atomic E-state index is 0. The number of para-hydroxylation sites is 1. The predicted molar refractivity (Wildman–Crippen MR) is 90.6 cm³/mol. The first-order valence-corrected chi connectivity index (χ1v) is 7.53. The van der Waals surface area contributed by atoms with Crippen LogP contribution in [0.15, 0.2) is 18.2 Å². The lowest BCUT2D eigenvalue weighted by molar-refractivity contribution is -0.116. The van der Waals surface area contributed by atoms with E-state index in [1.807, 2.05) is 0 Å². The highest BCUT2D eigenvalue weighted by Crippen LogP contribution is 2.29. The number of hydrogen-bond donors (Lipinski definition) is 2. The molecule has 0 aromatic heterocycles. The number of nitrogens with one attached hydrogen (secondary N) is 1. The van der Waals surface area contributed by atoms with Gasteiger partial charge in [0.1, 0.15) is 0 Å². The summed E-state index contributed by atoms with van der Waals surface area (Å²) in [7, 11) is 0. The van der Waals surface area contributed by atoms with Crippen LogP contribution in [0.2, 0.25) is 10.0 Å². The van der Waals surface area contributed by atoms with E-state index in [0.717, 1.165) is 25.9 Å². The van der Waals surface area contributed by atoms with Gasteiger partial charge in [0, 0.05) is 25.6 Å². The molecule has 1 atom stereocenters. The zero-order chi connectivity index (χ0) is 14.5. The van der Waals surface area contributed by atoms with Crippen LogP contribution in [0.1, 0.15) is 19.3 Å². The minimum Gasteiger partial charge on any atom is -0.327 e. The Balaban J connectivity index is 0.00000220. The zero-order valence-corrected chi connectivity index (χ0v) is 14.0. The highest BCUT2D eigenvalue weighted by molar-refractivity contribution is 6.39. The zero-order valence-electron chi connectivity index (χ0n) is 11.6. The Kier molecular flexibility index (Phi) is 7.77. The number of nitrogens with zero attached hydrogens (tertiary/aromatic N) is 1. The second kappa shape index (κ2) is 8.81. The standard InChI is InChI=1S/C14H19Cl2N3O.ClH/c15-11-4-1-5-12(16)14(11)18-13(20)6-8-19-7-2-3-10(17)9-19;/h1,4-5,10H,2-3,6-9,17H2,(H,18,20);1H/t10-;/m1./s1. The Morgan fingerprint density at radius 1 is 1.38 bits per heavy atom. The Hall–Kier alpha value is -0.520. The summed E-state index contributed by atoms with van der Waals surface area (Å²) in [6, 6.07) is 5.37. The Bertz CT molecular complexity index is 464. The van der Waals surface area contributed by atoms with E-state index in [4.69, 9.17) is 28.9 Å². The van der Waals surface area contributed by atoms with Crippen molar-refractivity contribution in [1.29, 1.82) is 0 Å². The number of hydrogen-bond acceptors (Lipinski definition) is 3. The van der Waals surface area contributed by atoms with E-state index >= 15 is 0 Å². The molecule has 1 aromatic carbocycles. The third-order valence-electron chi connectivity index (χ3n) is 3.42. The quantitative estimate of drug-likeness (QED) is 0.875. The van der Waals surface area contributed by atoms with Gasteiger partial charge in [0.2, 0.25) is 5.91 Å². The number of halogens is 3. The average Bonchev–Trinajstić information content (AvgIpc) is 2.41. The maximum Gasteiger partial charge on any atom is 0.225 e. The Morgan fingerprint density at radius 3 is 2.67 bits per heavy atom. The third-order valence-corrected chi connectivity index (χ3v) is 4.05. The van der Waals surface area contributed by atoms with E-state index in [0.29, 0.717) is 28.7 Å². The molecule has 1 aromatic rings. The van der Waals surface area contributed by atoms with Crippen molar-refractivity contribution in [2.24, 2.45) is 5.73 Å². The van der Waals surface area contributed by atoms with Gasteiger partial charge in [-0.3, -0.25) is 4.79 Å². The Labute approximate surface area is 141 Å². The van der Waals surface area contributed by atoms with Gasteiger partial charge in [0.15, 0.2) is 0 Å². The van der Waals surface area contributed by atoms with Crippen molar-refractivity contribution in [2.45, 2.75) is 25.3 Å². The summed E-state index contributed by atoms with van der Waals surface area (Å²) in [6.45, 7) is 2.58. The van der Waals surface area contributed by atoms with Gasteiger partial charge >= 0.3 is 0 Å². The van der Waals surface area contributed by atoms with Gasteiger partial charge < -0.3 is 16.0 Å². The lowest BCUT2D eigenvalue weighted by Crippen LogP contribution is -2.43. The van der Waals surface area contributed by atoms with Gasteiger partial charge in [0.05, 0.1) is 15.7 Å². The molecule has 4 nitrogen and oxygen atoms in total. The fraction of sp³-hybridized carbons (Fsp3) is 0.500. The monoisotopic (exact) mass is 351 g/mol. The molecule has 3 N–H and O–H groups in total. The molecule has 0 bridgehead atoms. The molecule has 21 heavy (non-hydrogen) atoms. The SMILES string of the molecule is Cl.N[C@@H]1CCCN(CCC(=O)Nc2c(Cl)cccc2Cl)C1. The smallest absolute Gasteiger partial charge is 0.225 e. The van der Waals surface area contributed by atoms with Gasteiger partial charge in [-0.15, -0.1) is 12.4 Å². The van der Waals surface area contributed by atoms with Crippen LogP contribution in [0.25, 0.3) is 0 Å². The van der Waals surface area contributed by atoms with Gasteiger partial charge in [-0.05, 0) is 31.5 Å². The largest absolute Gasteiger partial charge is 0.327 e. The maximum atomic E-state index is 12.0. The number of nitrogens with two attached hydrogens (primary N) is 1. The van der Waals surface area contributed by atoms with Gasteiger partial charge in [-0.1, -0.05) is 29.3 Å². The average molecular weight is 353 g/mol. The fourth-order valence-corrected chi connectivity index (χ4v) is 2.87. The third kappa shape index (κ3) is 5.64. The summed E-state index contributed by atoms with van der Waals surface area (Å²) in [5.41, 5.74) is 6.40. The second-order valence-corrected chi connectivity index (χ2v) is 5.91. The summed E-state index contributed by atoms with van der Waals surface area (Å²) in [5.74, 6) is -0.0841. The van der Waals surface area contributed by atoms with Crippen LogP contribution in [-0.4, -0.2) is 36.5 Å². The van der Waals surface area contributed by atoms with Gasteiger partial charge in [-0.25, -0.2) is 0 Å². The fourth-order valence-electron chi connectivity index (χ4n) is 2.37. The van der Waals surface area contributed by atoms with E-state index in [1.165, 1.54) is 0 Å². The molecule has 118 valence electrons. The summed E-state index contributed by atoms with van der Waals surface area (Å²) in [5, 5.41) is 3.67. The molecule has 0 radical (unpaired) electrons. The van der Waals surface area contributed by atoms with Crippen LogP contribution >= 0.6 is 35.6 Å². The molecule has 1 heterocycles. The first-order valence-electron chi connectivity index (χ1n) is 6.78. The van der Waals surface area contributed by atoms with E-state index < -0.39 is 0 Å². The predicted octanol–water partition coefficient (Wildman–Crippen LogP) is 3.17. The van der Waals surface area contributed by atoms with Crippen LogP contribution < -0.4 is 11.1 Å². The van der Waals surface area contributed by atoms with Gasteiger partial charge in [0.25, 0.3) is 0 Å². The summed E-state index contributed by atoms with van der Waals surface area (Å²) in [4.78, 5) is 14.2. The molecule has 2 rings (SSSR count). The number of anilines is 1. The summed E-state index contributed by atoms with van der Waals surface area (Å²) >= 11 is 12.0. The Morgan fingerprint density at radius 2 is 2.05 bits per heavy atom. The molecule has 0 saturated carbocycles. The lowest BCUT2D eigenvalue weighted by Gasteiger charge is -2.30. The molecule has 1 saturated heterocycles. The van der Waals surface area contributed by atoms with E-state index in [-0.39, 0.29) is 24.4 Å². The molecule has 1 aliphatic rings. The molecular formula is C14H20Cl3N3O. The van der Waals surface area contributed by atoms with Crippen molar-refractivity contribution in [1.82, 2.24) is 4.90 Å². The number of piperidine rings is 1. The molecule has 1 fully saturated rings. The minimum atomic E-state index is -0.0841. The first-order chi connectivity index (χ1) is 9.56. The normalized spacial score (nSPS) is 18.9. The van der Waals surface area contributed by atoms with Crippen molar-refractivity contribution in [3.63, 3.8) is 0 Å². The van der Waals surface area contributed by atoms with E-state index in [9.17, 15) is 4.79 Å². The van der Waals surface area contributed by atoms with Crippen LogP contribution in [0.5, 0.6) is 0 Å². The topological polar surface area (TPSA) is 58.4 Å². The van der Waals surface area contributed by atoms with E-state index in [2.05, 4.69) is 10.2 Å². The first kappa shape index (κ1) is 18.5. The van der Waals surface area contributed by atoms with Crippen molar-refractivity contribution >= 4 is 47.2 Å². The molecule has 7 heteroatoms. The number of amides is 1. The number of likely N-dealkylation sites (tertiary alicyclic amines) is 1. The molecular weight excluding hydrogens is 333 g/mol. The molecule has 1 aliphatic heterocycles. The number of benzene rings is 1. The molecule has 0 aliphatic carbocycles. The van der Waals surface area contributed by atoms with Crippen LogP contribution in [0.3, 0.4) is 0 Å². The summed E-state index contributed by atoms with van der Waals surface area (Å²) in [6.07, 6.45) is 2.57. The summed E-state index contributed by atoms with van der Waals surface area (Å²) < 4.78 is 0. The highest BCUT2D eigenvalue weighted by Gasteiger charge is 2.17. The second-order valence-electron chi connectivity index (χ2n) is 5.10. The number of carbonyl (C=O) groups is 1. The molecule has 0 spiro atoms. The maximum absolute atomic E-state index is 12.0. The van der Waals surface area contributed by atoms with E-state index in [1.54, 1.807) is 18.2 Å². The lowest BCUT2D eigenvalue weighted by atomic mass is 10.1. The molecule has 1 amide bonds. The van der Waals surface area contributed by atoms with Crippen LogP contribution in [-0.2, 0) is 4.79 Å². The van der Waals surface area contributed by atoms with Crippen molar-refractivity contribution in [3.05, 3.63) is 28.2 Å².